The topological polar surface area (TPSA) is 46.1 Å². The van der Waals surface area contributed by atoms with Gasteiger partial charge in [0.1, 0.15) is 5.69 Å². The Kier molecular flexibility index (Phi) is 4.44. The number of halogens is 1. The smallest absolute Gasteiger partial charge is 0.267 e. The Hall–Kier alpha value is -1.26. The van der Waals surface area contributed by atoms with Crippen LogP contribution >= 0.6 is 11.6 Å². The number of hydrogen-bond donors (Lipinski definition) is 2. The van der Waals surface area contributed by atoms with Crippen LogP contribution in [0.15, 0.2) is 23.9 Å². The predicted octanol–water partition coefficient (Wildman–Crippen LogP) is 1.72. The third-order valence-corrected chi connectivity index (χ3v) is 3.30. The van der Waals surface area contributed by atoms with Crippen molar-refractivity contribution in [1.29, 1.82) is 0 Å². The molecule has 0 spiro atoms. The molecule has 1 aliphatic rings. The summed E-state index contributed by atoms with van der Waals surface area (Å²) in [6.07, 6.45) is 5.93. The summed E-state index contributed by atoms with van der Waals surface area (Å²) in [5, 5.41) is 6.78. The van der Waals surface area contributed by atoms with Crippen molar-refractivity contribution in [3.05, 3.63) is 34.6 Å². The second kappa shape index (κ2) is 6.07. The third kappa shape index (κ3) is 3.37. The van der Waals surface area contributed by atoms with E-state index in [2.05, 4.69) is 16.7 Å². The van der Waals surface area contributed by atoms with Gasteiger partial charge in [0, 0.05) is 26.3 Å². The number of rotatable bonds is 4. The first-order valence-electron chi connectivity index (χ1n) is 6.15. The molecular weight excluding hydrogens is 250 g/mol. The minimum Gasteiger partial charge on any atom is -0.350 e. The standard InChI is InChI=1S/C13H18ClN3O/c1-17-9-11(14)8-12(17)13(18)16-7-4-10-2-5-15-6-3-10/h2,8-9,15H,3-7H2,1H3,(H,16,18). The van der Waals surface area contributed by atoms with Crippen LogP contribution in [0.2, 0.25) is 5.02 Å². The van der Waals surface area contributed by atoms with Crippen molar-refractivity contribution in [2.45, 2.75) is 12.8 Å². The largest absolute Gasteiger partial charge is 0.350 e. The summed E-state index contributed by atoms with van der Waals surface area (Å²) in [6.45, 7) is 2.65. The molecule has 1 aliphatic heterocycles. The lowest BCUT2D eigenvalue weighted by molar-refractivity contribution is 0.0946. The van der Waals surface area contributed by atoms with Gasteiger partial charge in [-0.25, -0.2) is 0 Å². The number of hydrogen-bond acceptors (Lipinski definition) is 2. The summed E-state index contributed by atoms with van der Waals surface area (Å²) in [7, 11) is 1.82. The fourth-order valence-electron chi connectivity index (χ4n) is 2.07. The molecule has 2 rings (SSSR count). The van der Waals surface area contributed by atoms with E-state index in [1.807, 2.05) is 7.05 Å². The number of aromatic nitrogens is 1. The van der Waals surface area contributed by atoms with Crippen molar-refractivity contribution < 1.29 is 4.79 Å². The highest BCUT2D eigenvalue weighted by Crippen LogP contribution is 2.13. The van der Waals surface area contributed by atoms with Gasteiger partial charge in [-0.05, 0) is 25.5 Å². The molecule has 5 heteroatoms. The zero-order valence-electron chi connectivity index (χ0n) is 10.5. The van der Waals surface area contributed by atoms with Crippen molar-refractivity contribution in [2.24, 2.45) is 7.05 Å². The van der Waals surface area contributed by atoms with Crippen LogP contribution in [0.1, 0.15) is 23.3 Å². The minimum atomic E-state index is -0.0704. The predicted molar refractivity (Wildman–Crippen MR) is 72.9 cm³/mol. The maximum absolute atomic E-state index is 11.9. The molecule has 98 valence electrons. The van der Waals surface area contributed by atoms with Gasteiger partial charge in [-0.2, -0.15) is 0 Å². The zero-order chi connectivity index (χ0) is 13.0. The number of carbonyl (C=O) groups is 1. The number of nitrogens with one attached hydrogen (secondary N) is 2. The maximum Gasteiger partial charge on any atom is 0.267 e. The van der Waals surface area contributed by atoms with E-state index in [1.165, 1.54) is 5.57 Å². The molecule has 2 heterocycles. The summed E-state index contributed by atoms with van der Waals surface area (Å²) in [5.41, 5.74) is 2.01. The van der Waals surface area contributed by atoms with E-state index in [-0.39, 0.29) is 5.91 Å². The van der Waals surface area contributed by atoms with Crippen molar-refractivity contribution in [1.82, 2.24) is 15.2 Å². The van der Waals surface area contributed by atoms with E-state index < -0.39 is 0 Å². The molecule has 0 aliphatic carbocycles. The lowest BCUT2D eigenvalue weighted by atomic mass is 10.1. The Morgan fingerprint density at radius 2 is 2.44 bits per heavy atom. The Bertz CT molecular complexity index is 465. The average Bonchev–Trinajstić information content (AvgIpc) is 2.70. The Morgan fingerprint density at radius 3 is 3.06 bits per heavy atom. The number of amides is 1. The lowest BCUT2D eigenvalue weighted by Crippen LogP contribution is -2.27. The van der Waals surface area contributed by atoms with Crippen LogP contribution < -0.4 is 10.6 Å². The zero-order valence-corrected chi connectivity index (χ0v) is 11.3. The number of aryl methyl sites for hydroxylation is 1. The van der Waals surface area contributed by atoms with Crippen LogP contribution in [-0.4, -0.2) is 30.1 Å². The molecule has 0 fully saturated rings. The SMILES string of the molecule is Cn1cc(Cl)cc1C(=O)NCCC1=CCNCC1. The Labute approximate surface area is 112 Å². The molecule has 0 saturated carbocycles. The van der Waals surface area contributed by atoms with Crippen molar-refractivity contribution in [3.8, 4) is 0 Å². The van der Waals surface area contributed by atoms with Gasteiger partial charge in [0.25, 0.3) is 5.91 Å². The van der Waals surface area contributed by atoms with Gasteiger partial charge < -0.3 is 15.2 Å². The van der Waals surface area contributed by atoms with E-state index >= 15 is 0 Å². The molecule has 0 aromatic carbocycles. The summed E-state index contributed by atoms with van der Waals surface area (Å²) in [6, 6.07) is 1.68. The maximum atomic E-state index is 11.9. The molecule has 1 amide bonds. The van der Waals surface area contributed by atoms with Gasteiger partial charge in [0.05, 0.1) is 5.02 Å². The highest BCUT2D eigenvalue weighted by Gasteiger charge is 2.11. The van der Waals surface area contributed by atoms with Crippen LogP contribution in [0.5, 0.6) is 0 Å². The van der Waals surface area contributed by atoms with Gasteiger partial charge in [0.2, 0.25) is 0 Å². The van der Waals surface area contributed by atoms with Gasteiger partial charge >= 0.3 is 0 Å². The molecule has 0 unspecified atom stereocenters. The number of nitrogens with zero attached hydrogens (tertiary/aromatic N) is 1. The summed E-state index contributed by atoms with van der Waals surface area (Å²) >= 11 is 5.85. The molecular formula is C13H18ClN3O. The molecule has 1 aromatic heterocycles. The van der Waals surface area contributed by atoms with Crippen molar-refractivity contribution in [2.75, 3.05) is 19.6 Å². The second-order valence-electron chi connectivity index (χ2n) is 4.48. The van der Waals surface area contributed by atoms with Crippen molar-refractivity contribution in [3.63, 3.8) is 0 Å². The highest BCUT2D eigenvalue weighted by atomic mass is 35.5. The van der Waals surface area contributed by atoms with Gasteiger partial charge in [-0.15, -0.1) is 0 Å². The number of carbonyl (C=O) groups excluding carboxylic acids is 1. The molecule has 2 N–H and O–H groups in total. The lowest BCUT2D eigenvalue weighted by Gasteiger charge is -2.14. The minimum absolute atomic E-state index is 0.0704. The van der Waals surface area contributed by atoms with Crippen molar-refractivity contribution >= 4 is 17.5 Å². The molecule has 1 aromatic rings. The van der Waals surface area contributed by atoms with Gasteiger partial charge in [-0.3, -0.25) is 4.79 Å². The van der Waals surface area contributed by atoms with Gasteiger partial charge in [0.15, 0.2) is 0 Å². The average molecular weight is 268 g/mol. The van der Waals surface area contributed by atoms with E-state index in [1.54, 1.807) is 16.8 Å². The Morgan fingerprint density at radius 1 is 1.61 bits per heavy atom. The monoisotopic (exact) mass is 267 g/mol. The van der Waals surface area contributed by atoms with Crippen LogP contribution in [0.4, 0.5) is 0 Å². The quantitative estimate of drug-likeness (QED) is 0.816. The second-order valence-corrected chi connectivity index (χ2v) is 4.91. The first-order valence-corrected chi connectivity index (χ1v) is 6.53. The highest BCUT2D eigenvalue weighted by molar-refractivity contribution is 6.31. The van der Waals surface area contributed by atoms with E-state index in [4.69, 9.17) is 11.6 Å². The molecule has 0 radical (unpaired) electrons. The van der Waals surface area contributed by atoms with Crippen LogP contribution in [-0.2, 0) is 7.05 Å². The summed E-state index contributed by atoms with van der Waals surface area (Å²) in [4.78, 5) is 11.9. The Balaban J connectivity index is 1.81. The summed E-state index contributed by atoms with van der Waals surface area (Å²) < 4.78 is 1.74. The third-order valence-electron chi connectivity index (χ3n) is 3.09. The summed E-state index contributed by atoms with van der Waals surface area (Å²) in [5.74, 6) is -0.0704. The van der Waals surface area contributed by atoms with Crippen LogP contribution in [0, 0.1) is 0 Å². The van der Waals surface area contributed by atoms with Crippen LogP contribution in [0.25, 0.3) is 0 Å². The first-order chi connectivity index (χ1) is 8.66. The first kappa shape index (κ1) is 13.2. The fraction of sp³-hybridized carbons (Fsp3) is 0.462. The molecule has 18 heavy (non-hydrogen) atoms. The van der Waals surface area contributed by atoms with E-state index in [0.29, 0.717) is 17.3 Å². The molecule has 4 nitrogen and oxygen atoms in total. The van der Waals surface area contributed by atoms with Gasteiger partial charge in [-0.1, -0.05) is 23.3 Å². The molecule has 0 saturated heterocycles. The normalized spacial score (nSPS) is 15.3. The molecule has 0 bridgehead atoms. The molecule has 0 atom stereocenters. The van der Waals surface area contributed by atoms with E-state index in [9.17, 15) is 4.79 Å². The fourth-order valence-corrected chi connectivity index (χ4v) is 2.32. The van der Waals surface area contributed by atoms with E-state index in [0.717, 1.165) is 25.9 Å². The van der Waals surface area contributed by atoms with Crippen LogP contribution in [0.3, 0.4) is 0 Å².